The van der Waals surface area contributed by atoms with Crippen LogP contribution in [0.1, 0.15) is 64.6 Å². The summed E-state index contributed by atoms with van der Waals surface area (Å²) in [6.45, 7) is 5.73. The van der Waals surface area contributed by atoms with Crippen LogP contribution in [0.25, 0.3) is 0 Å². The Morgan fingerprint density at radius 2 is 1.87 bits per heavy atom. The van der Waals surface area contributed by atoms with Gasteiger partial charge in [0.15, 0.2) is 29.4 Å². The van der Waals surface area contributed by atoms with Crippen LogP contribution in [0.15, 0.2) is 39.6 Å². The van der Waals surface area contributed by atoms with Gasteiger partial charge in [-0.1, -0.05) is 24.6 Å². The third-order valence-corrected chi connectivity index (χ3v) is 10.9. The first-order valence-electron chi connectivity index (χ1n) is 14.8. The number of halogens is 2. The monoisotopic (exact) mass is 632 g/mol. The number of H-pyrrole nitrogens is 1. The third kappa shape index (κ3) is 4.17. The molecule has 1 aromatic rings. The van der Waals surface area contributed by atoms with Gasteiger partial charge in [-0.25, -0.2) is 9.18 Å². The van der Waals surface area contributed by atoms with Gasteiger partial charge in [0.25, 0.3) is 5.56 Å². The van der Waals surface area contributed by atoms with Crippen molar-refractivity contribution in [3.05, 3.63) is 56.7 Å². The number of nitrogens with one attached hydrogen (secondary N) is 1. The van der Waals surface area contributed by atoms with E-state index in [-0.39, 0.29) is 36.0 Å². The Labute approximate surface area is 255 Å². The minimum atomic E-state index is -2.16. The number of rotatable bonds is 5. The summed E-state index contributed by atoms with van der Waals surface area (Å²) in [6, 6.07) is 0. The van der Waals surface area contributed by atoms with E-state index < -0.39 is 99.7 Å². The number of alkyl halides is 1. The molecule has 0 amide bonds. The summed E-state index contributed by atoms with van der Waals surface area (Å²) in [5.41, 5.74) is -8.56. The molecule has 1 aliphatic heterocycles. The third-order valence-electron chi connectivity index (χ3n) is 10.9. The molecule has 0 radical (unpaired) electrons. The molecule has 2 saturated carbocycles. The van der Waals surface area contributed by atoms with E-state index in [2.05, 4.69) is 0 Å². The highest BCUT2D eigenvalue weighted by molar-refractivity contribution is 5.97. The van der Waals surface area contributed by atoms with E-state index in [1.807, 2.05) is 11.1 Å². The summed E-state index contributed by atoms with van der Waals surface area (Å²) in [5, 5.41) is 11.6. The van der Waals surface area contributed by atoms with Crippen molar-refractivity contribution in [1.82, 2.24) is 9.55 Å². The van der Waals surface area contributed by atoms with Gasteiger partial charge >= 0.3 is 11.7 Å². The molecule has 14 heteroatoms. The Hall–Kier alpha value is -3.62. The van der Waals surface area contributed by atoms with Crippen LogP contribution < -0.4 is 11.2 Å². The maximum atomic E-state index is 17.5. The fraction of sp³-hybridized carbons (Fsp3) is 0.613. The molecule has 45 heavy (non-hydrogen) atoms. The smallest absolute Gasteiger partial charge is 0.335 e. The van der Waals surface area contributed by atoms with E-state index >= 15 is 4.39 Å². The zero-order chi connectivity index (χ0) is 32.9. The summed E-state index contributed by atoms with van der Waals surface area (Å²) in [5.74, 6) is -7.49. The molecule has 0 bridgehead atoms. The molecule has 1 aromatic heterocycles. The normalized spacial score (nSPS) is 39.3. The van der Waals surface area contributed by atoms with Crippen molar-refractivity contribution in [2.45, 2.75) is 89.1 Å². The van der Waals surface area contributed by atoms with Gasteiger partial charge < -0.3 is 24.3 Å². The minimum Gasteiger partial charge on any atom is -0.457 e. The topological polar surface area (TPSA) is 171 Å². The number of hydrogen-bond acceptors (Lipinski definition) is 10. The van der Waals surface area contributed by atoms with Gasteiger partial charge in [0, 0.05) is 29.4 Å². The molecule has 0 aromatic carbocycles. The Bertz CT molecular complexity index is 1710. The van der Waals surface area contributed by atoms with Crippen molar-refractivity contribution < 1.29 is 47.3 Å². The van der Waals surface area contributed by atoms with Crippen molar-refractivity contribution in [2.75, 3.05) is 6.61 Å². The summed E-state index contributed by atoms with van der Waals surface area (Å²) in [4.78, 5) is 77.0. The van der Waals surface area contributed by atoms with Crippen LogP contribution in [0.4, 0.5) is 8.78 Å². The van der Waals surface area contributed by atoms with E-state index in [0.29, 0.717) is 11.8 Å². The number of allylic oxidation sites excluding steroid dienone is 4. The van der Waals surface area contributed by atoms with E-state index in [1.54, 1.807) is 27.7 Å². The highest BCUT2D eigenvalue weighted by atomic mass is 19.1. The van der Waals surface area contributed by atoms with E-state index in [4.69, 9.17) is 14.2 Å². The average Bonchev–Trinajstić information content (AvgIpc) is 3.36. The highest BCUT2D eigenvalue weighted by Crippen LogP contribution is 2.71. The first kappa shape index (κ1) is 31.4. The molecule has 6 rings (SSSR count). The van der Waals surface area contributed by atoms with Crippen LogP contribution in [0, 0.1) is 28.5 Å². The van der Waals surface area contributed by atoms with Gasteiger partial charge in [-0.3, -0.25) is 24.0 Å². The Morgan fingerprint density at radius 3 is 2.58 bits per heavy atom. The molecule has 4 aliphatic carbocycles. The number of aliphatic hydroxyl groups is 1. The molecule has 1 saturated heterocycles. The zero-order valence-electron chi connectivity index (χ0n) is 25.2. The van der Waals surface area contributed by atoms with Crippen LogP contribution in [0.3, 0.4) is 0 Å². The lowest BCUT2D eigenvalue weighted by Crippen LogP contribution is -2.69. The summed E-state index contributed by atoms with van der Waals surface area (Å²) in [7, 11) is 0. The van der Waals surface area contributed by atoms with Crippen molar-refractivity contribution in [3.63, 3.8) is 0 Å². The van der Waals surface area contributed by atoms with Gasteiger partial charge in [0.05, 0.1) is 12.2 Å². The van der Waals surface area contributed by atoms with Gasteiger partial charge in [-0.15, -0.1) is 0 Å². The summed E-state index contributed by atoms with van der Waals surface area (Å²) in [6.07, 6.45) is 1.89. The lowest BCUT2D eigenvalue weighted by Gasteiger charge is -2.62. The largest absolute Gasteiger partial charge is 0.457 e. The molecule has 5 aliphatic rings. The molecular formula is C31H34F2N2O10. The first-order valence-corrected chi connectivity index (χ1v) is 14.8. The molecule has 8 atom stereocenters. The maximum Gasteiger partial charge on any atom is 0.335 e. The van der Waals surface area contributed by atoms with Crippen LogP contribution in [-0.2, 0) is 28.6 Å². The van der Waals surface area contributed by atoms with Crippen molar-refractivity contribution in [1.29, 1.82) is 0 Å². The predicted octanol–water partition coefficient (Wildman–Crippen LogP) is 1.69. The minimum absolute atomic E-state index is 0.0572. The van der Waals surface area contributed by atoms with E-state index in [9.17, 15) is 38.3 Å². The average molecular weight is 633 g/mol. The SMILES string of the molecule is CC1(C)OC2CC3C4CC=C5CC(=O)C=C[C@]5(C)[C@@]4(F)[C@@H](O)C[C@]3(C)C2(C(=O)COC(=O)CC(=O)n2c(=O)[nH]cc(F)c2=O)O1. The van der Waals surface area contributed by atoms with Crippen LogP contribution in [-0.4, -0.2) is 74.0 Å². The standard InChI is InChI=1S/C31H34F2N2O10/c1-27(2)44-22-10-18-17-6-5-15-9-16(36)7-8-28(15,3)30(17,33)20(37)12-29(18,4)31(22,45-27)21(38)14-43-24(40)11-23(39)35-25(41)19(32)13-34-26(35)42/h5,7-8,13,17-18,20,22,37H,6,9-12,14H2,1-4H3,(H,34,42)/t17?,18?,20-,22?,28-,29-,30-,31?/m0/s1. The number of esters is 1. The first-order chi connectivity index (χ1) is 20.9. The number of nitrogens with zero attached hydrogens (tertiary/aromatic N) is 1. The number of carbonyl (C=O) groups excluding carboxylic acids is 4. The van der Waals surface area contributed by atoms with Gasteiger partial charge in [-0.2, -0.15) is 8.96 Å². The highest BCUT2D eigenvalue weighted by Gasteiger charge is 2.80. The second kappa shape index (κ2) is 9.94. The molecule has 12 nitrogen and oxygen atoms in total. The van der Waals surface area contributed by atoms with Crippen molar-refractivity contribution in [3.8, 4) is 0 Å². The lowest BCUT2D eigenvalue weighted by molar-refractivity contribution is -0.243. The second-order valence-corrected chi connectivity index (χ2v) is 13.6. The Balaban J connectivity index is 1.28. The zero-order valence-corrected chi connectivity index (χ0v) is 25.2. The quantitative estimate of drug-likeness (QED) is 0.277. The number of aromatic amines is 1. The molecule has 3 fully saturated rings. The summed E-state index contributed by atoms with van der Waals surface area (Å²) >= 11 is 0. The number of ether oxygens (including phenoxy) is 3. The Morgan fingerprint density at radius 1 is 1.16 bits per heavy atom. The number of aromatic nitrogens is 2. The fourth-order valence-electron chi connectivity index (χ4n) is 8.90. The van der Waals surface area contributed by atoms with Gasteiger partial charge in [-0.05, 0) is 52.0 Å². The van der Waals surface area contributed by atoms with Crippen molar-refractivity contribution in [2.24, 2.45) is 22.7 Å². The van der Waals surface area contributed by atoms with Crippen LogP contribution in [0.5, 0.6) is 0 Å². The number of aliphatic hydroxyl groups excluding tert-OH is 1. The predicted molar refractivity (Wildman–Crippen MR) is 149 cm³/mol. The number of hydrogen-bond donors (Lipinski definition) is 2. The van der Waals surface area contributed by atoms with Crippen molar-refractivity contribution >= 4 is 23.4 Å². The van der Waals surface area contributed by atoms with E-state index in [0.717, 1.165) is 0 Å². The van der Waals surface area contributed by atoms with Gasteiger partial charge in [0.1, 0.15) is 6.42 Å². The molecule has 0 spiro atoms. The number of fused-ring (bicyclic) bond motifs is 7. The molecule has 2 N–H and O–H groups in total. The van der Waals surface area contributed by atoms with Crippen LogP contribution >= 0.6 is 0 Å². The fourth-order valence-corrected chi connectivity index (χ4v) is 8.90. The number of carbonyl (C=O) groups is 4. The molecular weight excluding hydrogens is 598 g/mol. The number of Topliss-reactive ketones (excluding diaryl/α,β-unsaturated/α-hetero) is 1. The maximum absolute atomic E-state index is 17.5. The number of ketones is 2. The second-order valence-electron chi connectivity index (χ2n) is 13.6. The summed E-state index contributed by atoms with van der Waals surface area (Å²) < 4.78 is 48.7. The lowest BCUT2D eigenvalue weighted by atomic mass is 9.45. The molecule has 242 valence electrons. The Kier molecular flexibility index (Phi) is 6.93. The molecule has 4 unspecified atom stereocenters. The van der Waals surface area contributed by atoms with Gasteiger partial charge in [0.2, 0.25) is 17.5 Å². The van der Waals surface area contributed by atoms with E-state index in [1.165, 1.54) is 12.2 Å². The van der Waals surface area contributed by atoms with Crippen LogP contribution in [0.2, 0.25) is 0 Å². The molecule has 2 heterocycles.